The van der Waals surface area contributed by atoms with Crippen LogP contribution in [0.4, 0.5) is 5.69 Å². The van der Waals surface area contributed by atoms with Crippen LogP contribution in [-0.4, -0.2) is 31.2 Å². The van der Waals surface area contributed by atoms with Crippen LogP contribution in [0.5, 0.6) is 11.5 Å². The Bertz CT molecular complexity index is 892. The highest BCUT2D eigenvalue weighted by molar-refractivity contribution is 6.32. The lowest BCUT2D eigenvalue weighted by Gasteiger charge is -2.17. The summed E-state index contributed by atoms with van der Waals surface area (Å²) in [6.07, 6.45) is -0.194. The number of benzene rings is 2. The monoisotopic (exact) mass is 433 g/mol. The lowest BCUT2D eigenvalue weighted by atomic mass is 10.1. The van der Waals surface area contributed by atoms with E-state index in [0.717, 1.165) is 17.5 Å². The molecule has 0 fully saturated rings. The number of hydrogen-bond acceptors (Lipinski definition) is 5. The van der Waals surface area contributed by atoms with E-state index in [-0.39, 0.29) is 10.6 Å². The van der Waals surface area contributed by atoms with Gasteiger partial charge < -0.3 is 19.5 Å². The van der Waals surface area contributed by atoms with Crippen molar-refractivity contribution in [2.24, 2.45) is 0 Å². The number of nitrogens with one attached hydrogen (secondary N) is 1. The molecule has 1 unspecified atom stereocenters. The average molecular weight is 434 g/mol. The summed E-state index contributed by atoms with van der Waals surface area (Å²) in [5.74, 6) is -0.348. The number of hydrogen-bond donors (Lipinski definition) is 1. The Morgan fingerprint density at radius 1 is 1.10 bits per heavy atom. The fourth-order valence-electron chi connectivity index (χ4n) is 2.81. The smallest absolute Gasteiger partial charge is 0.339 e. The zero-order chi connectivity index (χ0) is 22.3. The van der Waals surface area contributed by atoms with Crippen molar-refractivity contribution in [1.82, 2.24) is 0 Å². The van der Waals surface area contributed by atoms with E-state index in [1.54, 1.807) is 0 Å². The molecule has 0 saturated carbocycles. The molecule has 0 aromatic heterocycles. The van der Waals surface area contributed by atoms with Crippen LogP contribution in [0.25, 0.3) is 0 Å². The molecule has 0 aliphatic heterocycles. The van der Waals surface area contributed by atoms with Crippen LogP contribution in [0.2, 0.25) is 5.02 Å². The van der Waals surface area contributed by atoms with Gasteiger partial charge in [-0.05, 0) is 57.4 Å². The number of aryl methyl sites for hydroxylation is 2. The van der Waals surface area contributed by atoms with Crippen molar-refractivity contribution in [3.05, 3.63) is 52.0 Å². The lowest BCUT2D eigenvalue weighted by Crippen LogP contribution is -2.30. The predicted molar refractivity (Wildman–Crippen MR) is 118 cm³/mol. The molecule has 0 aliphatic rings. The van der Waals surface area contributed by atoms with Gasteiger partial charge in [-0.1, -0.05) is 36.7 Å². The number of esters is 1. The van der Waals surface area contributed by atoms with E-state index in [9.17, 15) is 9.59 Å². The van der Waals surface area contributed by atoms with E-state index < -0.39 is 18.0 Å². The van der Waals surface area contributed by atoms with E-state index in [1.807, 2.05) is 45.9 Å². The standard InChI is InChI=1S/C23H28ClNO5/c1-6-11-29-21-18(24)12-17(13-19(21)28-7-2)23(27)30-16(5)22(26)25-20-14(3)9-8-10-15(20)4/h8-10,12-13,16H,6-7,11H2,1-5H3,(H,25,26). The molecule has 0 bridgehead atoms. The summed E-state index contributed by atoms with van der Waals surface area (Å²) in [4.78, 5) is 25.2. The first-order valence-corrected chi connectivity index (χ1v) is 10.3. The van der Waals surface area contributed by atoms with Crippen LogP contribution >= 0.6 is 11.6 Å². The van der Waals surface area contributed by atoms with Crippen LogP contribution in [0.3, 0.4) is 0 Å². The minimum atomic E-state index is -0.998. The number of ether oxygens (including phenoxy) is 3. The molecule has 6 nitrogen and oxygen atoms in total. The first kappa shape index (κ1) is 23.5. The SMILES string of the molecule is CCCOc1c(Cl)cc(C(=O)OC(C)C(=O)Nc2c(C)cccc2C)cc1OCC. The summed E-state index contributed by atoms with van der Waals surface area (Å²) < 4.78 is 16.6. The number of halogens is 1. The third-order valence-electron chi connectivity index (χ3n) is 4.38. The molecular formula is C23H28ClNO5. The lowest BCUT2D eigenvalue weighted by molar-refractivity contribution is -0.123. The minimum absolute atomic E-state index is 0.180. The van der Waals surface area contributed by atoms with Gasteiger partial charge in [-0.15, -0.1) is 0 Å². The van der Waals surface area contributed by atoms with Crippen molar-refractivity contribution in [2.45, 2.75) is 47.1 Å². The topological polar surface area (TPSA) is 73.9 Å². The largest absolute Gasteiger partial charge is 0.490 e. The summed E-state index contributed by atoms with van der Waals surface area (Å²) >= 11 is 6.30. The molecule has 2 rings (SSSR count). The van der Waals surface area contributed by atoms with Crippen LogP contribution in [0.1, 0.15) is 48.7 Å². The molecule has 1 amide bonds. The number of amides is 1. The molecule has 7 heteroatoms. The summed E-state index contributed by atoms with van der Waals surface area (Å²) in [7, 11) is 0. The highest BCUT2D eigenvalue weighted by Gasteiger charge is 2.22. The molecule has 1 atom stereocenters. The summed E-state index contributed by atoms with van der Waals surface area (Å²) in [6.45, 7) is 9.97. The van der Waals surface area contributed by atoms with Gasteiger partial charge in [-0.2, -0.15) is 0 Å². The van der Waals surface area contributed by atoms with Crippen molar-refractivity contribution < 1.29 is 23.8 Å². The first-order chi connectivity index (χ1) is 14.3. The molecular weight excluding hydrogens is 406 g/mol. The van der Waals surface area contributed by atoms with Crippen molar-refractivity contribution in [1.29, 1.82) is 0 Å². The number of carbonyl (C=O) groups is 2. The molecule has 30 heavy (non-hydrogen) atoms. The Balaban J connectivity index is 2.15. The van der Waals surface area contributed by atoms with Gasteiger partial charge in [0.25, 0.3) is 5.91 Å². The molecule has 0 saturated heterocycles. The Hall–Kier alpha value is -2.73. The van der Waals surface area contributed by atoms with Crippen molar-refractivity contribution in [3.8, 4) is 11.5 Å². The van der Waals surface area contributed by atoms with Gasteiger partial charge in [0.1, 0.15) is 0 Å². The summed E-state index contributed by atoms with van der Waals surface area (Å²) in [5, 5.41) is 3.07. The molecule has 162 valence electrons. The predicted octanol–water partition coefficient (Wildman–Crippen LogP) is 5.33. The highest BCUT2D eigenvalue weighted by Crippen LogP contribution is 2.37. The zero-order valence-corrected chi connectivity index (χ0v) is 18.8. The molecule has 0 heterocycles. The van der Waals surface area contributed by atoms with Crippen LogP contribution in [0, 0.1) is 13.8 Å². The highest BCUT2D eigenvalue weighted by atomic mass is 35.5. The van der Waals surface area contributed by atoms with Crippen LogP contribution < -0.4 is 14.8 Å². The Morgan fingerprint density at radius 3 is 2.37 bits per heavy atom. The van der Waals surface area contributed by atoms with Crippen molar-refractivity contribution >= 4 is 29.2 Å². The van der Waals surface area contributed by atoms with Gasteiger partial charge >= 0.3 is 5.97 Å². The second-order valence-corrected chi connectivity index (χ2v) is 7.28. The van der Waals surface area contributed by atoms with Crippen LogP contribution in [-0.2, 0) is 9.53 Å². The van der Waals surface area contributed by atoms with E-state index >= 15 is 0 Å². The van der Waals surface area contributed by atoms with E-state index in [1.165, 1.54) is 19.1 Å². The zero-order valence-electron chi connectivity index (χ0n) is 18.0. The quantitative estimate of drug-likeness (QED) is 0.541. The molecule has 0 aliphatic carbocycles. The van der Waals surface area contributed by atoms with Crippen molar-refractivity contribution in [3.63, 3.8) is 0 Å². The van der Waals surface area contributed by atoms with E-state index in [0.29, 0.717) is 30.4 Å². The van der Waals surface area contributed by atoms with Gasteiger partial charge in [-0.3, -0.25) is 4.79 Å². The molecule has 1 N–H and O–H groups in total. The van der Waals surface area contributed by atoms with Gasteiger partial charge in [0.15, 0.2) is 17.6 Å². The van der Waals surface area contributed by atoms with Crippen LogP contribution in [0.15, 0.2) is 30.3 Å². The van der Waals surface area contributed by atoms with Gasteiger partial charge in [-0.25, -0.2) is 4.79 Å². The van der Waals surface area contributed by atoms with Gasteiger partial charge in [0.05, 0.1) is 23.8 Å². The maximum Gasteiger partial charge on any atom is 0.339 e. The summed E-state index contributed by atoms with van der Waals surface area (Å²) in [5.41, 5.74) is 2.75. The normalized spacial score (nSPS) is 11.5. The van der Waals surface area contributed by atoms with E-state index in [4.69, 9.17) is 25.8 Å². The molecule has 0 spiro atoms. The maximum atomic E-state index is 12.6. The Labute approximate surface area is 182 Å². The first-order valence-electron chi connectivity index (χ1n) is 9.95. The average Bonchev–Trinajstić information content (AvgIpc) is 2.70. The molecule has 2 aromatic carbocycles. The maximum absolute atomic E-state index is 12.6. The Morgan fingerprint density at radius 2 is 1.77 bits per heavy atom. The summed E-state index contributed by atoms with van der Waals surface area (Å²) in [6, 6.07) is 8.68. The molecule has 2 aromatic rings. The third kappa shape index (κ3) is 5.89. The second kappa shape index (κ2) is 10.9. The van der Waals surface area contributed by atoms with Gasteiger partial charge in [0, 0.05) is 5.69 Å². The fourth-order valence-corrected chi connectivity index (χ4v) is 3.08. The number of para-hydroxylation sites is 1. The van der Waals surface area contributed by atoms with Crippen molar-refractivity contribution in [2.75, 3.05) is 18.5 Å². The number of anilines is 1. The van der Waals surface area contributed by atoms with E-state index in [2.05, 4.69) is 5.32 Å². The molecule has 0 radical (unpaired) electrons. The number of carbonyl (C=O) groups excluding carboxylic acids is 2. The second-order valence-electron chi connectivity index (χ2n) is 6.87. The third-order valence-corrected chi connectivity index (χ3v) is 4.66. The number of rotatable bonds is 9. The Kier molecular flexibility index (Phi) is 8.54. The minimum Gasteiger partial charge on any atom is -0.490 e. The van der Waals surface area contributed by atoms with Gasteiger partial charge in [0.2, 0.25) is 0 Å². The fraction of sp³-hybridized carbons (Fsp3) is 0.391.